The molecule has 6 heteroatoms. The molecule has 18 heavy (non-hydrogen) atoms. The van der Waals surface area contributed by atoms with E-state index >= 15 is 0 Å². The normalized spacial score (nSPS) is 10.2. The largest absolute Gasteiger partial charge is 0.322 e. The molecule has 1 heterocycles. The summed E-state index contributed by atoms with van der Waals surface area (Å²) in [5.41, 5.74) is 0.841. The van der Waals surface area contributed by atoms with E-state index in [1.54, 1.807) is 24.3 Å². The van der Waals surface area contributed by atoms with E-state index in [-0.39, 0.29) is 10.9 Å². The fourth-order valence-electron chi connectivity index (χ4n) is 1.36. The molecule has 0 aliphatic rings. The van der Waals surface area contributed by atoms with E-state index in [0.29, 0.717) is 21.4 Å². The second kappa shape index (κ2) is 5.57. The zero-order chi connectivity index (χ0) is 13.1. The van der Waals surface area contributed by atoms with Gasteiger partial charge in [0.2, 0.25) is 0 Å². The van der Waals surface area contributed by atoms with Crippen molar-refractivity contribution >= 4 is 46.4 Å². The summed E-state index contributed by atoms with van der Waals surface area (Å²) >= 11 is 17.5. The summed E-state index contributed by atoms with van der Waals surface area (Å²) in [4.78, 5) is 15.8. The summed E-state index contributed by atoms with van der Waals surface area (Å²) in [6.07, 6.45) is 1.50. The van der Waals surface area contributed by atoms with Crippen LogP contribution in [0.15, 0.2) is 36.5 Å². The second-order valence-corrected chi connectivity index (χ2v) is 4.60. The van der Waals surface area contributed by atoms with Crippen LogP contribution in [0.5, 0.6) is 0 Å². The zero-order valence-electron chi connectivity index (χ0n) is 8.95. The molecule has 1 N–H and O–H groups in total. The van der Waals surface area contributed by atoms with Crippen molar-refractivity contribution in [2.75, 3.05) is 5.32 Å². The number of rotatable bonds is 2. The minimum Gasteiger partial charge on any atom is -0.322 e. The van der Waals surface area contributed by atoms with Gasteiger partial charge in [-0.1, -0.05) is 40.9 Å². The first-order valence-corrected chi connectivity index (χ1v) is 6.08. The first kappa shape index (κ1) is 13.1. The van der Waals surface area contributed by atoms with Crippen LogP contribution >= 0.6 is 34.8 Å². The number of aromatic nitrogens is 1. The lowest BCUT2D eigenvalue weighted by atomic mass is 10.2. The van der Waals surface area contributed by atoms with Crippen molar-refractivity contribution in [3.8, 4) is 0 Å². The number of nitrogens with zero attached hydrogens (tertiary/aromatic N) is 1. The van der Waals surface area contributed by atoms with Crippen LogP contribution in [0.4, 0.5) is 5.69 Å². The summed E-state index contributed by atoms with van der Waals surface area (Å²) < 4.78 is 0. The molecule has 1 amide bonds. The van der Waals surface area contributed by atoms with Crippen LogP contribution in [-0.2, 0) is 0 Å². The van der Waals surface area contributed by atoms with Gasteiger partial charge in [-0.25, -0.2) is 4.98 Å². The smallest absolute Gasteiger partial charge is 0.257 e. The van der Waals surface area contributed by atoms with Crippen LogP contribution in [0.25, 0.3) is 0 Å². The maximum Gasteiger partial charge on any atom is 0.257 e. The summed E-state index contributed by atoms with van der Waals surface area (Å²) in [5.74, 6) is -0.357. The number of hydrogen-bond acceptors (Lipinski definition) is 2. The van der Waals surface area contributed by atoms with Crippen LogP contribution in [0.3, 0.4) is 0 Å². The predicted molar refractivity (Wildman–Crippen MR) is 73.7 cm³/mol. The van der Waals surface area contributed by atoms with Crippen molar-refractivity contribution in [1.29, 1.82) is 0 Å². The quantitative estimate of drug-likeness (QED) is 0.841. The summed E-state index contributed by atoms with van der Waals surface area (Å²) in [6, 6.07) is 8.03. The lowest BCUT2D eigenvalue weighted by molar-refractivity contribution is 0.102. The lowest BCUT2D eigenvalue weighted by Crippen LogP contribution is -2.12. The van der Waals surface area contributed by atoms with Crippen LogP contribution in [0.2, 0.25) is 15.2 Å². The average molecular weight is 302 g/mol. The van der Waals surface area contributed by atoms with Gasteiger partial charge in [0.25, 0.3) is 5.91 Å². The highest BCUT2D eigenvalue weighted by atomic mass is 35.5. The summed E-state index contributed by atoms with van der Waals surface area (Å²) in [7, 11) is 0. The zero-order valence-corrected chi connectivity index (χ0v) is 11.2. The lowest BCUT2D eigenvalue weighted by Gasteiger charge is -2.07. The average Bonchev–Trinajstić information content (AvgIpc) is 2.32. The van der Waals surface area contributed by atoms with E-state index in [1.807, 2.05) is 0 Å². The third kappa shape index (κ3) is 2.93. The topological polar surface area (TPSA) is 42.0 Å². The number of halogens is 3. The number of anilines is 1. The van der Waals surface area contributed by atoms with Gasteiger partial charge in [-0.3, -0.25) is 4.79 Å². The Morgan fingerprint density at radius 3 is 2.67 bits per heavy atom. The Balaban J connectivity index is 2.25. The molecule has 0 fully saturated rings. The summed E-state index contributed by atoms with van der Waals surface area (Å²) in [5, 5.41) is 3.51. The van der Waals surface area contributed by atoms with Gasteiger partial charge in [0.15, 0.2) is 0 Å². The Bertz CT molecular complexity index is 602. The number of carbonyl (C=O) groups excluding carboxylic acids is 1. The molecule has 0 saturated heterocycles. The van der Waals surface area contributed by atoms with Gasteiger partial charge in [-0.2, -0.15) is 0 Å². The molecular weight excluding hydrogens is 295 g/mol. The molecule has 1 aromatic heterocycles. The Hall–Kier alpha value is -1.29. The number of carbonyl (C=O) groups is 1. The van der Waals surface area contributed by atoms with E-state index in [1.165, 1.54) is 12.3 Å². The fraction of sp³-hybridized carbons (Fsp3) is 0. The Kier molecular flexibility index (Phi) is 4.07. The van der Waals surface area contributed by atoms with Crippen LogP contribution < -0.4 is 5.32 Å². The van der Waals surface area contributed by atoms with Crippen LogP contribution in [0.1, 0.15) is 10.4 Å². The van der Waals surface area contributed by atoms with Crippen molar-refractivity contribution in [3.63, 3.8) is 0 Å². The highest BCUT2D eigenvalue weighted by Gasteiger charge is 2.12. The Labute approximate surface area is 119 Å². The summed E-state index contributed by atoms with van der Waals surface area (Å²) in [6.45, 7) is 0. The van der Waals surface area contributed by atoms with Gasteiger partial charge >= 0.3 is 0 Å². The molecule has 92 valence electrons. The number of hydrogen-bond donors (Lipinski definition) is 1. The Morgan fingerprint density at radius 2 is 1.94 bits per heavy atom. The molecule has 2 aromatic rings. The van der Waals surface area contributed by atoms with Gasteiger partial charge in [-0.15, -0.1) is 0 Å². The fourth-order valence-corrected chi connectivity index (χ4v) is 1.92. The predicted octanol–water partition coefficient (Wildman–Crippen LogP) is 4.29. The second-order valence-electron chi connectivity index (χ2n) is 3.42. The molecule has 0 aliphatic heterocycles. The molecule has 0 saturated carbocycles. The molecule has 0 atom stereocenters. The molecule has 0 radical (unpaired) electrons. The minimum atomic E-state index is -0.357. The molecule has 0 spiro atoms. The van der Waals surface area contributed by atoms with Crippen molar-refractivity contribution in [2.45, 2.75) is 0 Å². The number of nitrogens with one attached hydrogen (secondary N) is 1. The van der Waals surface area contributed by atoms with Crippen molar-refractivity contribution in [2.24, 2.45) is 0 Å². The van der Waals surface area contributed by atoms with Crippen molar-refractivity contribution in [1.82, 2.24) is 4.98 Å². The van der Waals surface area contributed by atoms with Crippen LogP contribution in [-0.4, -0.2) is 10.9 Å². The highest BCUT2D eigenvalue weighted by molar-refractivity contribution is 6.44. The monoisotopic (exact) mass is 300 g/mol. The maximum absolute atomic E-state index is 12.0. The molecule has 1 aromatic carbocycles. The molecule has 0 bridgehead atoms. The minimum absolute atomic E-state index is 0.219. The SMILES string of the molecule is O=C(Nc1ccnc(Cl)c1)c1cccc(Cl)c1Cl. The van der Waals surface area contributed by atoms with Gasteiger partial charge in [0, 0.05) is 11.9 Å². The first-order chi connectivity index (χ1) is 8.58. The Morgan fingerprint density at radius 1 is 1.17 bits per heavy atom. The number of amides is 1. The van der Waals surface area contributed by atoms with E-state index in [9.17, 15) is 4.79 Å². The van der Waals surface area contributed by atoms with Crippen LogP contribution in [0, 0.1) is 0 Å². The number of benzene rings is 1. The standard InChI is InChI=1S/C12H7Cl3N2O/c13-9-3-1-2-8(11(9)15)12(18)17-7-4-5-16-10(14)6-7/h1-6H,(H,16,17,18). The van der Waals surface area contributed by atoms with Gasteiger partial charge in [-0.05, 0) is 24.3 Å². The van der Waals surface area contributed by atoms with E-state index in [2.05, 4.69) is 10.3 Å². The molecule has 0 unspecified atom stereocenters. The number of pyridine rings is 1. The first-order valence-electron chi connectivity index (χ1n) is 4.95. The third-order valence-electron chi connectivity index (χ3n) is 2.18. The van der Waals surface area contributed by atoms with Gasteiger partial charge < -0.3 is 5.32 Å². The maximum atomic E-state index is 12.0. The van der Waals surface area contributed by atoms with E-state index in [4.69, 9.17) is 34.8 Å². The molecule has 2 rings (SSSR count). The van der Waals surface area contributed by atoms with Gasteiger partial charge in [0.1, 0.15) is 5.15 Å². The molecular formula is C12H7Cl3N2O. The molecule has 0 aliphatic carbocycles. The highest BCUT2D eigenvalue weighted by Crippen LogP contribution is 2.26. The van der Waals surface area contributed by atoms with E-state index < -0.39 is 0 Å². The third-order valence-corrected chi connectivity index (χ3v) is 3.21. The van der Waals surface area contributed by atoms with Gasteiger partial charge in [0.05, 0.1) is 15.6 Å². The van der Waals surface area contributed by atoms with Crippen molar-refractivity contribution in [3.05, 3.63) is 57.3 Å². The van der Waals surface area contributed by atoms with E-state index in [0.717, 1.165) is 0 Å². The van der Waals surface area contributed by atoms with Crippen molar-refractivity contribution < 1.29 is 4.79 Å². The molecule has 3 nitrogen and oxygen atoms in total.